The lowest BCUT2D eigenvalue weighted by Crippen LogP contribution is -2.21. The van der Waals surface area contributed by atoms with Crippen molar-refractivity contribution in [3.05, 3.63) is 18.0 Å². The van der Waals surface area contributed by atoms with Crippen LogP contribution in [0.25, 0.3) is 0 Å². The molecule has 1 aliphatic carbocycles. The molecule has 1 fully saturated rings. The van der Waals surface area contributed by atoms with E-state index in [0.717, 1.165) is 18.9 Å². The molecule has 1 saturated carbocycles. The summed E-state index contributed by atoms with van der Waals surface area (Å²) < 4.78 is 2.18. The Kier molecular flexibility index (Phi) is 3.41. The molecule has 1 N–H and O–H groups in total. The highest BCUT2D eigenvalue weighted by atomic mass is 15.3. The molecule has 1 aromatic rings. The molecule has 0 amide bonds. The average Bonchev–Trinajstić information content (AvgIpc) is 2.85. The summed E-state index contributed by atoms with van der Waals surface area (Å²) in [5.41, 5.74) is 1.44. The van der Waals surface area contributed by atoms with Crippen LogP contribution >= 0.6 is 0 Å². The Balaban J connectivity index is 2.06. The smallest absolute Gasteiger partial charge is 0.0492 e. The molecule has 0 aromatic carbocycles. The fourth-order valence-electron chi connectivity index (χ4n) is 2.60. The van der Waals surface area contributed by atoms with Crippen LogP contribution in [0.1, 0.15) is 44.2 Å². The van der Waals surface area contributed by atoms with Gasteiger partial charge in [-0.1, -0.05) is 6.92 Å². The van der Waals surface area contributed by atoms with E-state index in [-0.39, 0.29) is 0 Å². The third kappa shape index (κ3) is 2.23. The van der Waals surface area contributed by atoms with Gasteiger partial charge in [0.25, 0.3) is 0 Å². The molecule has 1 heterocycles. The second kappa shape index (κ2) is 4.79. The van der Waals surface area contributed by atoms with Crippen molar-refractivity contribution in [2.45, 2.75) is 51.1 Å². The van der Waals surface area contributed by atoms with Crippen LogP contribution in [-0.2, 0) is 6.54 Å². The van der Waals surface area contributed by atoms with Crippen molar-refractivity contribution < 1.29 is 0 Å². The van der Waals surface area contributed by atoms with Crippen LogP contribution in [0.2, 0.25) is 0 Å². The maximum atomic E-state index is 4.40. The number of hydrogen-bond acceptors (Lipinski definition) is 2. The topological polar surface area (TPSA) is 29.9 Å². The number of rotatable bonds is 4. The van der Waals surface area contributed by atoms with E-state index in [0.29, 0.717) is 6.04 Å². The zero-order valence-electron chi connectivity index (χ0n) is 9.74. The normalized spacial score (nSPS) is 26.0. The molecular weight excluding hydrogens is 186 g/mol. The molecule has 15 heavy (non-hydrogen) atoms. The van der Waals surface area contributed by atoms with Gasteiger partial charge in [-0.15, -0.1) is 0 Å². The molecule has 84 valence electrons. The lowest BCUT2D eigenvalue weighted by atomic mass is 10.0. The van der Waals surface area contributed by atoms with Gasteiger partial charge in [-0.05, 0) is 38.8 Å². The number of nitrogens with one attached hydrogen (secondary N) is 1. The molecule has 1 aromatic heterocycles. The predicted molar refractivity (Wildman–Crippen MR) is 62.0 cm³/mol. The van der Waals surface area contributed by atoms with Crippen molar-refractivity contribution in [1.29, 1.82) is 0 Å². The lowest BCUT2D eigenvalue weighted by molar-refractivity contribution is 0.523. The standard InChI is InChI=1S/C12H21N3/c1-3-8-15-12(6-7-14-15)10-4-5-11(9-10)13-2/h6-7,10-11,13H,3-5,8-9H2,1-2H3. The minimum Gasteiger partial charge on any atom is -0.317 e. The van der Waals surface area contributed by atoms with Crippen LogP contribution < -0.4 is 5.32 Å². The predicted octanol–water partition coefficient (Wildman–Crippen LogP) is 2.15. The summed E-state index contributed by atoms with van der Waals surface area (Å²) in [6.45, 7) is 3.26. The number of nitrogens with zero attached hydrogens (tertiary/aromatic N) is 2. The summed E-state index contributed by atoms with van der Waals surface area (Å²) >= 11 is 0. The molecule has 1 aliphatic rings. The van der Waals surface area contributed by atoms with Crippen molar-refractivity contribution in [1.82, 2.24) is 15.1 Å². The van der Waals surface area contributed by atoms with E-state index in [1.807, 2.05) is 6.20 Å². The molecular formula is C12H21N3. The Labute approximate surface area is 91.9 Å². The zero-order chi connectivity index (χ0) is 10.7. The third-order valence-electron chi connectivity index (χ3n) is 3.44. The van der Waals surface area contributed by atoms with E-state index >= 15 is 0 Å². The first-order valence-electron chi connectivity index (χ1n) is 6.04. The summed E-state index contributed by atoms with van der Waals surface area (Å²) in [5.74, 6) is 0.719. The minimum atomic E-state index is 0.708. The summed E-state index contributed by atoms with van der Waals surface area (Å²) in [4.78, 5) is 0. The summed E-state index contributed by atoms with van der Waals surface area (Å²) in [5, 5.41) is 7.78. The van der Waals surface area contributed by atoms with E-state index in [2.05, 4.69) is 35.1 Å². The number of aromatic nitrogens is 2. The van der Waals surface area contributed by atoms with Crippen molar-refractivity contribution in [3.63, 3.8) is 0 Å². The molecule has 0 radical (unpaired) electrons. The van der Waals surface area contributed by atoms with Gasteiger partial charge in [0.15, 0.2) is 0 Å². The Hall–Kier alpha value is -0.830. The fourth-order valence-corrected chi connectivity index (χ4v) is 2.60. The molecule has 0 aliphatic heterocycles. The Bertz CT molecular complexity index is 306. The minimum absolute atomic E-state index is 0.708. The third-order valence-corrected chi connectivity index (χ3v) is 3.44. The first kappa shape index (κ1) is 10.7. The first-order valence-corrected chi connectivity index (χ1v) is 6.04. The maximum Gasteiger partial charge on any atom is 0.0492 e. The van der Waals surface area contributed by atoms with E-state index in [4.69, 9.17) is 0 Å². The number of aryl methyl sites for hydroxylation is 1. The largest absolute Gasteiger partial charge is 0.317 e. The van der Waals surface area contributed by atoms with Crippen molar-refractivity contribution in [2.24, 2.45) is 0 Å². The molecule has 3 heteroatoms. The molecule has 0 bridgehead atoms. The fraction of sp³-hybridized carbons (Fsp3) is 0.750. The summed E-state index contributed by atoms with van der Waals surface area (Å²) in [6, 6.07) is 2.90. The van der Waals surface area contributed by atoms with Gasteiger partial charge in [0.05, 0.1) is 0 Å². The lowest BCUT2D eigenvalue weighted by Gasteiger charge is -2.13. The number of hydrogen-bond donors (Lipinski definition) is 1. The zero-order valence-corrected chi connectivity index (χ0v) is 9.74. The molecule has 3 nitrogen and oxygen atoms in total. The van der Waals surface area contributed by atoms with Gasteiger partial charge in [-0.3, -0.25) is 4.68 Å². The van der Waals surface area contributed by atoms with Crippen LogP contribution in [0, 0.1) is 0 Å². The Morgan fingerprint density at radius 1 is 1.53 bits per heavy atom. The van der Waals surface area contributed by atoms with E-state index in [1.165, 1.54) is 25.0 Å². The second-order valence-electron chi connectivity index (χ2n) is 4.47. The molecule has 2 atom stereocenters. The molecule has 2 rings (SSSR count). The van der Waals surface area contributed by atoms with Crippen molar-refractivity contribution >= 4 is 0 Å². The molecule has 0 saturated heterocycles. The Morgan fingerprint density at radius 3 is 3.07 bits per heavy atom. The van der Waals surface area contributed by atoms with Crippen LogP contribution in [0.5, 0.6) is 0 Å². The summed E-state index contributed by atoms with van der Waals surface area (Å²) in [7, 11) is 2.07. The molecule has 2 unspecified atom stereocenters. The van der Waals surface area contributed by atoms with Gasteiger partial charge >= 0.3 is 0 Å². The van der Waals surface area contributed by atoms with Crippen LogP contribution in [-0.4, -0.2) is 22.9 Å². The van der Waals surface area contributed by atoms with Crippen molar-refractivity contribution in [3.8, 4) is 0 Å². The van der Waals surface area contributed by atoms with Crippen LogP contribution in [0.4, 0.5) is 0 Å². The van der Waals surface area contributed by atoms with Gasteiger partial charge < -0.3 is 5.32 Å². The van der Waals surface area contributed by atoms with Gasteiger partial charge in [-0.25, -0.2) is 0 Å². The quantitative estimate of drug-likeness (QED) is 0.820. The average molecular weight is 207 g/mol. The van der Waals surface area contributed by atoms with Gasteiger partial charge in [0.1, 0.15) is 0 Å². The Morgan fingerprint density at radius 2 is 2.40 bits per heavy atom. The highest BCUT2D eigenvalue weighted by molar-refractivity contribution is 5.11. The van der Waals surface area contributed by atoms with E-state index in [1.54, 1.807) is 0 Å². The van der Waals surface area contributed by atoms with Gasteiger partial charge in [0, 0.05) is 30.4 Å². The molecule has 0 spiro atoms. The highest BCUT2D eigenvalue weighted by Crippen LogP contribution is 2.34. The van der Waals surface area contributed by atoms with Crippen LogP contribution in [0.3, 0.4) is 0 Å². The van der Waals surface area contributed by atoms with E-state index in [9.17, 15) is 0 Å². The maximum absolute atomic E-state index is 4.40. The van der Waals surface area contributed by atoms with Crippen LogP contribution in [0.15, 0.2) is 12.3 Å². The summed E-state index contributed by atoms with van der Waals surface area (Å²) in [6.07, 6.45) is 6.99. The first-order chi connectivity index (χ1) is 7.35. The monoisotopic (exact) mass is 207 g/mol. The van der Waals surface area contributed by atoms with Gasteiger partial charge in [0.2, 0.25) is 0 Å². The van der Waals surface area contributed by atoms with Gasteiger partial charge in [-0.2, -0.15) is 5.10 Å². The second-order valence-corrected chi connectivity index (χ2v) is 4.47. The van der Waals surface area contributed by atoms with Crippen molar-refractivity contribution in [2.75, 3.05) is 7.05 Å². The highest BCUT2D eigenvalue weighted by Gasteiger charge is 2.26. The van der Waals surface area contributed by atoms with E-state index < -0.39 is 0 Å². The SMILES string of the molecule is CCCn1nccc1C1CCC(NC)C1.